The topological polar surface area (TPSA) is 46.5 Å². The maximum atomic E-state index is 12.4. The van der Waals surface area contributed by atoms with Crippen LogP contribution in [0.2, 0.25) is 0 Å². The molecule has 0 saturated heterocycles. The number of benzene rings is 1. The first kappa shape index (κ1) is 27.8. The molecule has 1 N–H and O–H groups in total. The molecule has 0 aliphatic rings. The number of ketones is 1. The summed E-state index contributed by atoms with van der Waals surface area (Å²) in [6.07, 6.45) is 18.4. The molecule has 1 aromatic carbocycles. The standard InChI is InChI=1S/C28H48O3/c1-4-5-6-7-8-9-10-11-12-13-14-15-16-25(3)31-23-24(2)21-28(30)27-19-17-26(22-29)18-20-27/h17-20,24-25,29H,4-16,21-23H2,1-3H3. The van der Waals surface area contributed by atoms with Crippen molar-refractivity contribution in [2.45, 2.75) is 123 Å². The summed E-state index contributed by atoms with van der Waals surface area (Å²) in [5.41, 5.74) is 1.55. The van der Waals surface area contributed by atoms with Crippen LogP contribution in [-0.2, 0) is 11.3 Å². The molecule has 0 spiro atoms. The normalized spacial score (nSPS) is 13.3. The van der Waals surface area contributed by atoms with E-state index in [9.17, 15) is 4.79 Å². The Balaban J connectivity index is 1.98. The first-order valence-corrected chi connectivity index (χ1v) is 12.9. The van der Waals surface area contributed by atoms with Crippen LogP contribution in [0.15, 0.2) is 24.3 Å². The number of aliphatic hydroxyl groups excluding tert-OH is 1. The van der Waals surface area contributed by atoms with Crippen LogP contribution in [0, 0.1) is 5.92 Å². The Labute approximate surface area is 192 Å². The minimum Gasteiger partial charge on any atom is -0.392 e. The molecular formula is C28H48O3. The molecule has 1 rings (SSSR count). The van der Waals surface area contributed by atoms with Gasteiger partial charge < -0.3 is 9.84 Å². The highest BCUT2D eigenvalue weighted by Gasteiger charge is 2.13. The van der Waals surface area contributed by atoms with Gasteiger partial charge in [0.15, 0.2) is 5.78 Å². The SMILES string of the molecule is CCCCCCCCCCCCCCC(C)OCC(C)CC(=O)c1ccc(CO)cc1. The molecule has 0 radical (unpaired) electrons. The van der Waals surface area contributed by atoms with Crippen molar-refractivity contribution in [3.05, 3.63) is 35.4 Å². The van der Waals surface area contributed by atoms with Gasteiger partial charge in [-0.2, -0.15) is 0 Å². The Morgan fingerprint density at radius 1 is 0.839 bits per heavy atom. The Morgan fingerprint density at radius 3 is 1.87 bits per heavy atom. The van der Waals surface area contributed by atoms with Crippen molar-refractivity contribution in [1.29, 1.82) is 0 Å². The third kappa shape index (κ3) is 14.5. The van der Waals surface area contributed by atoms with Crippen LogP contribution in [0.3, 0.4) is 0 Å². The van der Waals surface area contributed by atoms with Crippen molar-refractivity contribution >= 4 is 5.78 Å². The largest absolute Gasteiger partial charge is 0.392 e. The zero-order valence-electron chi connectivity index (χ0n) is 20.5. The molecule has 2 atom stereocenters. The van der Waals surface area contributed by atoms with E-state index in [2.05, 4.69) is 20.8 Å². The van der Waals surface area contributed by atoms with E-state index in [0.717, 1.165) is 12.0 Å². The molecule has 0 aliphatic heterocycles. The maximum Gasteiger partial charge on any atom is 0.163 e. The first-order valence-electron chi connectivity index (χ1n) is 12.9. The number of unbranched alkanes of at least 4 members (excludes halogenated alkanes) is 11. The molecule has 0 aliphatic carbocycles. The summed E-state index contributed by atoms with van der Waals surface area (Å²) in [5.74, 6) is 0.364. The Hall–Kier alpha value is -1.19. The number of rotatable bonds is 20. The van der Waals surface area contributed by atoms with Gasteiger partial charge in [-0.3, -0.25) is 4.79 Å². The molecule has 3 nitrogen and oxygen atoms in total. The Bertz CT molecular complexity index is 552. The summed E-state index contributed by atoms with van der Waals surface area (Å²) < 4.78 is 5.99. The van der Waals surface area contributed by atoms with Gasteiger partial charge in [0.05, 0.1) is 12.7 Å². The number of carbonyl (C=O) groups excluding carboxylic acids is 1. The summed E-state index contributed by atoms with van der Waals surface area (Å²) >= 11 is 0. The molecule has 0 amide bonds. The van der Waals surface area contributed by atoms with Crippen molar-refractivity contribution < 1.29 is 14.6 Å². The van der Waals surface area contributed by atoms with Gasteiger partial charge in [0.25, 0.3) is 0 Å². The number of Topliss-reactive ketones (excluding diaryl/α,β-unsaturated/α-hetero) is 1. The monoisotopic (exact) mass is 432 g/mol. The maximum absolute atomic E-state index is 12.4. The van der Waals surface area contributed by atoms with Gasteiger partial charge in [-0.05, 0) is 24.8 Å². The number of aliphatic hydroxyl groups is 1. The lowest BCUT2D eigenvalue weighted by Gasteiger charge is -2.17. The van der Waals surface area contributed by atoms with Crippen molar-refractivity contribution in [3.63, 3.8) is 0 Å². The van der Waals surface area contributed by atoms with E-state index in [0.29, 0.717) is 18.6 Å². The molecule has 0 aromatic heterocycles. The zero-order valence-corrected chi connectivity index (χ0v) is 20.5. The van der Waals surface area contributed by atoms with Gasteiger partial charge >= 0.3 is 0 Å². The van der Waals surface area contributed by atoms with Gasteiger partial charge in [0, 0.05) is 18.6 Å². The highest BCUT2D eigenvalue weighted by molar-refractivity contribution is 5.96. The minimum absolute atomic E-state index is 0.00972. The summed E-state index contributed by atoms with van der Waals surface area (Å²) in [4.78, 5) is 12.4. The highest BCUT2D eigenvalue weighted by atomic mass is 16.5. The van der Waals surface area contributed by atoms with Crippen molar-refractivity contribution in [2.24, 2.45) is 5.92 Å². The molecule has 178 valence electrons. The number of hydrogen-bond donors (Lipinski definition) is 1. The summed E-state index contributed by atoms with van der Waals surface area (Å²) in [6.45, 7) is 7.16. The molecule has 3 heteroatoms. The van der Waals surface area contributed by atoms with Crippen molar-refractivity contribution in [2.75, 3.05) is 6.61 Å². The second-order valence-electron chi connectivity index (χ2n) is 9.41. The zero-order chi connectivity index (χ0) is 22.7. The molecular weight excluding hydrogens is 384 g/mol. The Morgan fingerprint density at radius 2 is 1.35 bits per heavy atom. The van der Waals surface area contributed by atoms with Gasteiger partial charge in [0.1, 0.15) is 0 Å². The third-order valence-corrected chi connectivity index (χ3v) is 6.12. The van der Waals surface area contributed by atoms with E-state index >= 15 is 0 Å². The van der Waals surface area contributed by atoms with Gasteiger partial charge in [-0.1, -0.05) is 115 Å². The lowest BCUT2D eigenvalue weighted by atomic mass is 9.99. The Kier molecular flexibility index (Phi) is 16.5. The second-order valence-corrected chi connectivity index (χ2v) is 9.41. The van der Waals surface area contributed by atoms with E-state index < -0.39 is 0 Å². The van der Waals surface area contributed by atoms with Crippen molar-refractivity contribution in [3.8, 4) is 0 Å². The number of hydrogen-bond acceptors (Lipinski definition) is 3. The predicted octanol–water partition coefficient (Wildman–Crippen LogP) is 7.88. The summed E-state index contributed by atoms with van der Waals surface area (Å²) in [7, 11) is 0. The van der Waals surface area contributed by atoms with E-state index in [1.807, 2.05) is 12.1 Å². The fourth-order valence-electron chi connectivity index (χ4n) is 3.97. The molecule has 2 unspecified atom stereocenters. The molecule has 1 aromatic rings. The predicted molar refractivity (Wildman–Crippen MR) is 132 cm³/mol. The van der Waals surface area contributed by atoms with E-state index in [4.69, 9.17) is 9.84 Å². The molecule has 0 fully saturated rings. The van der Waals surface area contributed by atoms with Crippen LogP contribution in [0.25, 0.3) is 0 Å². The molecule has 0 bridgehead atoms. The van der Waals surface area contributed by atoms with Gasteiger partial charge in [-0.25, -0.2) is 0 Å². The van der Waals surface area contributed by atoms with Gasteiger partial charge in [-0.15, -0.1) is 0 Å². The fourth-order valence-corrected chi connectivity index (χ4v) is 3.97. The average molecular weight is 433 g/mol. The van der Waals surface area contributed by atoms with Crippen LogP contribution >= 0.6 is 0 Å². The highest BCUT2D eigenvalue weighted by Crippen LogP contribution is 2.16. The van der Waals surface area contributed by atoms with E-state index in [1.165, 1.54) is 77.0 Å². The lowest BCUT2D eigenvalue weighted by molar-refractivity contribution is 0.0351. The van der Waals surface area contributed by atoms with Crippen LogP contribution in [0.5, 0.6) is 0 Å². The average Bonchev–Trinajstić information content (AvgIpc) is 2.78. The van der Waals surface area contributed by atoms with Crippen LogP contribution in [-0.4, -0.2) is 23.6 Å². The molecule has 0 heterocycles. The first-order chi connectivity index (χ1) is 15.1. The smallest absolute Gasteiger partial charge is 0.163 e. The van der Waals surface area contributed by atoms with E-state index in [-0.39, 0.29) is 24.4 Å². The minimum atomic E-state index is 0.00972. The molecule has 0 saturated carbocycles. The van der Waals surface area contributed by atoms with E-state index in [1.54, 1.807) is 12.1 Å². The van der Waals surface area contributed by atoms with Crippen LogP contribution < -0.4 is 0 Å². The molecule has 31 heavy (non-hydrogen) atoms. The summed E-state index contributed by atoms with van der Waals surface area (Å²) in [6, 6.07) is 7.23. The number of carbonyl (C=O) groups is 1. The summed E-state index contributed by atoms with van der Waals surface area (Å²) in [5, 5.41) is 9.10. The lowest BCUT2D eigenvalue weighted by Crippen LogP contribution is -2.17. The van der Waals surface area contributed by atoms with Crippen LogP contribution in [0.4, 0.5) is 0 Å². The van der Waals surface area contributed by atoms with Crippen molar-refractivity contribution in [1.82, 2.24) is 0 Å². The quantitative estimate of drug-likeness (QED) is 0.168. The number of ether oxygens (including phenoxy) is 1. The second kappa shape index (κ2) is 18.4. The van der Waals surface area contributed by atoms with Gasteiger partial charge in [0.2, 0.25) is 0 Å². The fraction of sp³-hybridized carbons (Fsp3) is 0.750. The third-order valence-electron chi connectivity index (χ3n) is 6.12. The van der Waals surface area contributed by atoms with Crippen LogP contribution in [0.1, 0.15) is 127 Å².